The van der Waals surface area contributed by atoms with Gasteiger partial charge in [0.25, 0.3) is 0 Å². The van der Waals surface area contributed by atoms with Crippen LogP contribution in [-0.2, 0) is 11.3 Å². The predicted octanol–water partition coefficient (Wildman–Crippen LogP) is 0.979. The van der Waals surface area contributed by atoms with Crippen molar-refractivity contribution in [3.8, 4) is 0 Å². The first kappa shape index (κ1) is 6.13. The second kappa shape index (κ2) is 3.12. The van der Waals surface area contributed by atoms with Crippen molar-refractivity contribution in [1.29, 1.82) is 0 Å². The molecule has 1 heterocycles. The Balaban J connectivity index is 2.57. The maximum atomic E-state index is 9.59. The molecule has 0 atom stereocenters. The van der Waals surface area contributed by atoms with E-state index in [-0.39, 0.29) is 0 Å². The van der Waals surface area contributed by atoms with E-state index in [1.807, 2.05) is 0 Å². The molecule has 0 aliphatic rings. The van der Waals surface area contributed by atoms with Crippen molar-refractivity contribution in [2.45, 2.75) is 6.54 Å². The smallest absolute Gasteiger partial charge is 0.235 e. The van der Waals surface area contributed by atoms with Gasteiger partial charge in [0.1, 0.15) is 0 Å². The minimum Gasteiger partial charge on any atom is -0.253 e. The Morgan fingerprint density at radius 2 is 2.78 bits per heavy atom. The summed E-state index contributed by atoms with van der Waals surface area (Å²) in [6.45, 7) is 0.411. The van der Waals surface area contributed by atoms with Gasteiger partial charge in [-0.05, 0) is 0 Å². The van der Waals surface area contributed by atoms with Crippen molar-refractivity contribution >= 4 is 17.4 Å². The third-order valence-electron chi connectivity index (χ3n) is 0.783. The molecule has 0 aromatic carbocycles. The molecule has 0 unspecified atom stereocenters. The molecular formula is C5H4N2OS. The molecule has 0 spiro atoms. The lowest BCUT2D eigenvalue weighted by Gasteiger charge is -1.78. The van der Waals surface area contributed by atoms with E-state index in [9.17, 15) is 4.79 Å². The van der Waals surface area contributed by atoms with Gasteiger partial charge < -0.3 is 0 Å². The minimum absolute atomic E-state index is 0.411. The topological polar surface area (TPSA) is 42.3 Å². The monoisotopic (exact) mass is 140 g/mol. The fourth-order valence-corrected chi connectivity index (χ4v) is 0.948. The number of isocyanates is 1. The second-order valence-electron chi connectivity index (χ2n) is 1.38. The number of hydrogen-bond donors (Lipinski definition) is 0. The van der Waals surface area contributed by atoms with Crippen LogP contribution in [0.2, 0.25) is 0 Å². The van der Waals surface area contributed by atoms with Gasteiger partial charge in [-0.1, -0.05) is 0 Å². The van der Waals surface area contributed by atoms with Crippen LogP contribution in [0.3, 0.4) is 0 Å². The SMILES string of the molecule is O=C=NCc1cncs1. The molecule has 9 heavy (non-hydrogen) atoms. The molecule has 1 aromatic rings. The van der Waals surface area contributed by atoms with Crippen LogP contribution >= 0.6 is 11.3 Å². The Labute approximate surface area is 56.1 Å². The highest BCUT2D eigenvalue weighted by molar-refractivity contribution is 7.09. The molecule has 1 rings (SSSR count). The van der Waals surface area contributed by atoms with Crippen LogP contribution in [0, 0.1) is 0 Å². The van der Waals surface area contributed by atoms with Gasteiger partial charge in [0.15, 0.2) is 0 Å². The second-order valence-corrected chi connectivity index (χ2v) is 2.35. The van der Waals surface area contributed by atoms with Gasteiger partial charge in [-0.2, -0.15) is 0 Å². The molecule has 0 aliphatic heterocycles. The van der Waals surface area contributed by atoms with Crippen LogP contribution in [0.4, 0.5) is 0 Å². The van der Waals surface area contributed by atoms with Crippen molar-refractivity contribution < 1.29 is 4.79 Å². The van der Waals surface area contributed by atoms with Gasteiger partial charge in [0.05, 0.1) is 12.1 Å². The largest absolute Gasteiger partial charge is 0.253 e. The molecule has 0 fully saturated rings. The molecule has 0 amide bonds. The van der Waals surface area contributed by atoms with Crippen LogP contribution in [-0.4, -0.2) is 11.1 Å². The number of aromatic nitrogens is 1. The van der Waals surface area contributed by atoms with E-state index in [4.69, 9.17) is 0 Å². The van der Waals surface area contributed by atoms with Crippen LogP contribution in [0.25, 0.3) is 0 Å². The molecule has 0 saturated heterocycles. The summed E-state index contributed by atoms with van der Waals surface area (Å²) in [5, 5.41) is 0. The molecule has 0 aliphatic carbocycles. The number of aliphatic imine (C=N–C) groups is 1. The molecule has 0 N–H and O–H groups in total. The summed E-state index contributed by atoms with van der Waals surface area (Å²) in [6.07, 6.45) is 3.15. The fourth-order valence-electron chi connectivity index (χ4n) is 0.430. The van der Waals surface area contributed by atoms with Gasteiger partial charge in [-0.15, -0.1) is 11.3 Å². The van der Waals surface area contributed by atoms with Crippen molar-refractivity contribution in [1.82, 2.24) is 4.98 Å². The number of rotatable bonds is 2. The first-order valence-corrected chi connectivity index (χ1v) is 3.22. The van der Waals surface area contributed by atoms with E-state index < -0.39 is 0 Å². The molecule has 46 valence electrons. The Kier molecular flexibility index (Phi) is 2.13. The molecule has 0 saturated carbocycles. The Morgan fingerprint density at radius 1 is 1.89 bits per heavy atom. The minimum atomic E-state index is 0.411. The summed E-state index contributed by atoms with van der Waals surface area (Å²) in [4.78, 5) is 17.8. The molecule has 1 aromatic heterocycles. The van der Waals surface area contributed by atoms with Gasteiger partial charge in [-0.3, -0.25) is 4.98 Å². The van der Waals surface area contributed by atoms with Crippen molar-refractivity contribution in [2.75, 3.05) is 0 Å². The third kappa shape index (κ3) is 1.76. The lowest BCUT2D eigenvalue weighted by Crippen LogP contribution is -1.70. The predicted molar refractivity (Wildman–Crippen MR) is 33.9 cm³/mol. The van der Waals surface area contributed by atoms with Crippen molar-refractivity contribution in [3.63, 3.8) is 0 Å². The first-order chi connectivity index (χ1) is 4.43. The maximum Gasteiger partial charge on any atom is 0.235 e. The average Bonchev–Trinajstić information content (AvgIpc) is 2.34. The third-order valence-corrected chi connectivity index (χ3v) is 1.55. The van der Waals surface area contributed by atoms with Crippen molar-refractivity contribution in [3.05, 3.63) is 16.6 Å². The highest BCUT2D eigenvalue weighted by Gasteiger charge is 1.88. The summed E-state index contributed by atoms with van der Waals surface area (Å²) in [5.74, 6) is 0. The lowest BCUT2D eigenvalue weighted by atomic mass is 10.6. The van der Waals surface area contributed by atoms with Gasteiger partial charge in [0.2, 0.25) is 6.08 Å². The highest BCUT2D eigenvalue weighted by atomic mass is 32.1. The quantitative estimate of drug-likeness (QED) is 0.454. The van der Waals surface area contributed by atoms with Crippen molar-refractivity contribution in [2.24, 2.45) is 4.99 Å². The van der Waals surface area contributed by atoms with E-state index in [1.165, 1.54) is 17.4 Å². The fraction of sp³-hybridized carbons (Fsp3) is 0.200. The average molecular weight is 140 g/mol. The van der Waals surface area contributed by atoms with E-state index in [0.29, 0.717) is 6.54 Å². The van der Waals surface area contributed by atoms with E-state index in [1.54, 1.807) is 11.7 Å². The summed E-state index contributed by atoms with van der Waals surface area (Å²) in [5.41, 5.74) is 1.70. The number of nitrogens with zero attached hydrogens (tertiary/aromatic N) is 2. The molecule has 4 heteroatoms. The van der Waals surface area contributed by atoms with Crippen LogP contribution in [0.1, 0.15) is 4.88 Å². The Hall–Kier alpha value is -0.990. The summed E-state index contributed by atoms with van der Waals surface area (Å²) in [7, 11) is 0. The molecule has 0 radical (unpaired) electrons. The highest BCUT2D eigenvalue weighted by Crippen LogP contribution is 2.05. The number of hydrogen-bond acceptors (Lipinski definition) is 4. The first-order valence-electron chi connectivity index (χ1n) is 2.34. The van der Waals surface area contributed by atoms with Gasteiger partial charge in [-0.25, -0.2) is 9.79 Å². The Morgan fingerprint density at radius 3 is 3.33 bits per heavy atom. The van der Waals surface area contributed by atoms with Gasteiger partial charge in [0, 0.05) is 11.1 Å². The Bertz CT molecular complexity index is 213. The lowest BCUT2D eigenvalue weighted by molar-refractivity contribution is 0.563. The summed E-state index contributed by atoms with van der Waals surface area (Å²) in [6, 6.07) is 0. The zero-order valence-electron chi connectivity index (χ0n) is 4.57. The zero-order chi connectivity index (χ0) is 6.53. The van der Waals surface area contributed by atoms with Crippen LogP contribution in [0.15, 0.2) is 16.7 Å². The van der Waals surface area contributed by atoms with E-state index in [2.05, 4.69) is 9.98 Å². The van der Waals surface area contributed by atoms with E-state index in [0.717, 1.165) is 4.88 Å². The van der Waals surface area contributed by atoms with Gasteiger partial charge >= 0.3 is 0 Å². The molecular weight excluding hydrogens is 136 g/mol. The normalized spacial score (nSPS) is 8.44. The summed E-state index contributed by atoms with van der Waals surface area (Å²) < 4.78 is 0. The number of carbonyl (C=O) groups excluding carboxylic acids is 1. The zero-order valence-corrected chi connectivity index (χ0v) is 5.39. The standard InChI is InChI=1S/C5H4N2OS/c8-3-6-1-5-2-7-4-9-5/h2,4H,1H2. The number of thiazole rings is 1. The molecule has 0 bridgehead atoms. The maximum absolute atomic E-state index is 9.59. The van der Waals surface area contributed by atoms with Crippen LogP contribution < -0.4 is 0 Å². The van der Waals surface area contributed by atoms with Crippen LogP contribution in [0.5, 0.6) is 0 Å². The molecule has 3 nitrogen and oxygen atoms in total. The van der Waals surface area contributed by atoms with E-state index >= 15 is 0 Å². The summed E-state index contributed by atoms with van der Waals surface area (Å²) >= 11 is 1.48.